The first kappa shape index (κ1) is 15.3. The monoisotopic (exact) mass is 291 g/mol. The number of urea groups is 1. The van der Waals surface area contributed by atoms with Crippen LogP contribution in [0.1, 0.15) is 25.3 Å². The number of nitrogens with zero attached hydrogens (tertiary/aromatic N) is 3. The number of piperidine rings is 1. The molecule has 2 heterocycles. The normalized spacial score (nSPS) is 21.9. The summed E-state index contributed by atoms with van der Waals surface area (Å²) in [7, 11) is 1.69. The largest absolute Gasteiger partial charge is 0.480 e. The number of carboxylic acids is 1. The van der Waals surface area contributed by atoms with Crippen LogP contribution in [0, 0.1) is 5.92 Å². The Morgan fingerprint density at radius 2 is 2.29 bits per heavy atom. The second-order valence-corrected chi connectivity index (χ2v) is 5.68. The van der Waals surface area contributed by atoms with Crippen molar-refractivity contribution in [3.63, 3.8) is 0 Å². The lowest BCUT2D eigenvalue weighted by Crippen LogP contribution is -2.53. The molecule has 1 aliphatic rings. The van der Waals surface area contributed by atoms with E-state index in [-0.39, 0.29) is 6.03 Å². The molecule has 6 nitrogen and oxygen atoms in total. The highest BCUT2D eigenvalue weighted by Crippen LogP contribution is 2.24. The molecule has 2 rings (SSSR count). The van der Waals surface area contributed by atoms with Gasteiger partial charge in [-0.2, -0.15) is 0 Å². The minimum absolute atomic E-state index is 0.238. The maximum Gasteiger partial charge on any atom is 0.326 e. The van der Waals surface area contributed by atoms with Crippen LogP contribution in [0.15, 0.2) is 24.5 Å². The van der Waals surface area contributed by atoms with Gasteiger partial charge in [-0.1, -0.05) is 13.0 Å². The molecule has 1 aromatic heterocycles. The van der Waals surface area contributed by atoms with Crippen molar-refractivity contribution in [1.82, 2.24) is 14.8 Å². The summed E-state index contributed by atoms with van der Waals surface area (Å²) >= 11 is 0. The zero-order valence-corrected chi connectivity index (χ0v) is 12.4. The number of likely N-dealkylation sites (tertiary alicyclic amines) is 1. The molecular weight excluding hydrogens is 270 g/mol. The summed E-state index contributed by atoms with van der Waals surface area (Å²) in [5.41, 5.74) is 0.922. The van der Waals surface area contributed by atoms with Gasteiger partial charge >= 0.3 is 12.0 Å². The van der Waals surface area contributed by atoms with Gasteiger partial charge < -0.3 is 14.9 Å². The number of amides is 2. The van der Waals surface area contributed by atoms with Gasteiger partial charge in [0.15, 0.2) is 0 Å². The zero-order chi connectivity index (χ0) is 15.4. The highest BCUT2D eigenvalue weighted by molar-refractivity contribution is 5.82. The van der Waals surface area contributed by atoms with Gasteiger partial charge in [0.05, 0.1) is 0 Å². The molecule has 0 bridgehead atoms. The third kappa shape index (κ3) is 3.71. The standard InChI is InChI=1S/C15H21N3O3/c1-11-5-7-18(13(8-11)14(19)20)15(21)17(2)10-12-4-3-6-16-9-12/h3-4,6,9,11,13H,5,7-8,10H2,1-2H3,(H,19,20). The number of pyridine rings is 1. The summed E-state index contributed by atoms with van der Waals surface area (Å²) in [5, 5.41) is 9.32. The third-order valence-electron chi connectivity index (χ3n) is 3.86. The number of aromatic nitrogens is 1. The minimum Gasteiger partial charge on any atom is -0.480 e. The quantitative estimate of drug-likeness (QED) is 0.922. The number of hydrogen-bond acceptors (Lipinski definition) is 3. The van der Waals surface area contributed by atoms with Crippen molar-refractivity contribution in [1.29, 1.82) is 0 Å². The van der Waals surface area contributed by atoms with Gasteiger partial charge in [0.1, 0.15) is 6.04 Å². The lowest BCUT2D eigenvalue weighted by Gasteiger charge is -2.38. The van der Waals surface area contributed by atoms with Gasteiger partial charge in [-0.25, -0.2) is 9.59 Å². The van der Waals surface area contributed by atoms with Gasteiger partial charge in [-0.3, -0.25) is 4.98 Å². The molecule has 2 unspecified atom stereocenters. The minimum atomic E-state index is -0.926. The Balaban J connectivity index is 2.05. The summed E-state index contributed by atoms with van der Waals surface area (Å²) < 4.78 is 0. The third-order valence-corrected chi connectivity index (χ3v) is 3.86. The summed E-state index contributed by atoms with van der Waals surface area (Å²) in [6, 6.07) is 2.75. The Morgan fingerprint density at radius 1 is 1.52 bits per heavy atom. The van der Waals surface area contributed by atoms with E-state index in [1.54, 1.807) is 24.3 Å². The molecule has 0 spiro atoms. The van der Waals surface area contributed by atoms with Crippen molar-refractivity contribution < 1.29 is 14.7 Å². The smallest absolute Gasteiger partial charge is 0.326 e. The van der Waals surface area contributed by atoms with Crippen LogP contribution in [0.2, 0.25) is 0 Å². The molecule has 0 saturated carbocycles. The summed E-state index contributed by atoms with van der Waals surface area (Å²) in [6.45, 7) is 2.94. The molecule has 0 radical (unpaired) electrons. The molecule has 1 N–H and O–H groups in total. The Kier molecular flexibility index (Phi) is 4.77. The molecule has 1 fully saturated rings. The van der Waals surface area contributed by atoms with E-state index in [0.29, 0.717) is 25.4 Å². The predicted octanol–water partition coefficient (Wildman–Crippen LogP) is 1.82. The highest BCUT2D eigenvalue weighted by atomic mass is 16.4. The SMILES string of the molecule is CC1CCN(C(=O)N(C)Cc2cccnc2)C(C(=O)O)C1. The number of carbonyl (C=O) groups is 2. The lowest BCUT2D eigenvalue weighted by atomic mass is 9.92. The fourth-order valence-electron chi connectivity index (χ4n) is 2.66. The summed E-state index contributed by atoms with van der Waals surface area (Å²) in [6.07, 6.45) is 4.74. The van der Waals surface area contributed by atoms with E-state index in [9.17, 15) is 14.7 Å². The molecule has 21 heavy (non-hydrogen) atoms. The number of carboxylic acid groups (broad SMARTS) is 1. The molecule has 0 aromatic carbocycles. The van der Waals surface area contributed by atoms with Crippen molar-refractivity contribution >= 4 is 12.0 Å². The van der Waals surface area contributed by atoms with Crippen LogP contribution in [0.3, 0.4) is 0 Å². The maximum atomic E-state index is 12.5. The van der Waals surface area contributed by atoms with Crippen LogP contribution in [0.25, 0.3) is 0 Å². The summed E-state index contributed by atoms with van der Waals surface area (Å²) in [5.74, 6) is -0.594. The van der Waals surface area contributed by atoms with Gasteiger partial charge in [0, 0.05) is 32.5 Å². The molecule has 2 atom stereocenters. The number of carbonyl (C=O) groups excluding carboxylic acids is 1. The first-order valence-electron chi connectivity index (χ1n) is 7.12. The fourth-order valence-corrected chi connectivity index (χ4v) is 2.66. The second kappa shape index (κ2) is 6.56. The average Bonchev–Trinajstić information content (AvgIpc) is 2.47. The Labute approximate surface area is 124 Å². The van der Waals surface area contributed by atoms with E-state index in [2.05, 4.69) is 4.98 Å². The van der Waals surface area contributed by atoms with E-state index in [4.69, 9.17) is 0 Å². The van der Waals surface area contributed by atoms with Gasteiger partial charge in [0.2, 0.25) is 0 Å². The summed E-state index contributed by atoms with van der Waals surface area (Å²) in [4.78, 5) is 30.9. The van der Waals surface area contributed by atoms with Crippen molar-refractivity contribution in [2.45, 2.75) is 32.4 Å². The lowest BCUT2D eigenvalue weighted by molar-refractivity contribution is -0.144. The highest BCUT2D eigenvalue weighted by Gasteiger charge is 2.35. The molecule has 0 aliphatic carbocycles. The van der Waals surface area contributed by atoms with Crippen LogP contribution >= 0.6 is 0 Å². The Bertz CT molecular complexity index is 506. The molecule has 1 aromatic rings. The van der Waals surface area contributed by atoms with Gasteiger partial charge in [-0.15, -0.1) is 0 Å². The van der Waals surface area contributed by atoms with E-state index in [0.717, 1.165) is 12.0 Å². The molecule has 1 aliphatic heterocycles. The van der Waals surface area contributed by atoms with Crippen LogP contribution < -0.4 is 0 Å². The molecule has 1 saturated heterocycles. The van der Waals surface area contributed by atoms with Crippen molar-refractivity contribution in [2.75, 3.05) is 13.6 Å². The average molecular weight is 291 g/mol. The molecule has 2 amide bonds. The van der Waals surface area contributed by atoms with Gasteiger partial charge in [0.25, 0.3) is 0 Å². The Morgan fingerprint density at radius 3 is 2.90 bits per heavy atom. The van der Waals surface area contributed by atoms with Crippen LogP contribution in [-0.4, -0.2) is 51.5 Å². The first-order valence-corrected chi connectivity index (χ1v) is 7.12. The van der Waals surface area contributed by atoms with Gasteiger partial charge in [-0.05, 0) is 30.4 Å². The predicted molar refractivity (Wildman–Crippen MR) is 77.6 cm³/mol. The fraction of sp³-hybridized carbons (Fsp3) is 0.533. The molecule has 114 valence electrons. The van der Waals surface area contributed by atoms with Crippen molar-refractivity contribution in [2.24, 2.45) is 5.92 Å². The number of aliphatic carboxylic acids is 1. The van der Waals surface area contributed by atoms with Crippen molar-refractivity contribution in [3.8, 4) is 0 Å². The first-order chi connectivity index (χ1) is 9.99. The maximum absolute atomic E-state index is 12.5. The topological polar surface area (TPSA) is 73.7 Å². The molecular formula is C15H21N3O3. The second-order valence-electron chi connectivity index (χ2n) is 5.68. The molecule has 6 heteroatoms. The number of rotatable bonds is 3. The number of hydrogen-bond donors (Lipinski definition) is 1. The van der Waals surface area contributed by atoms with Crippen molar-refractivity contribution in [3.05, 3.63) is 30.1 Å². The Hall–Kier alpha value is -2.11. The van der Waals surface area contributed by atoms with E-state index >= 15 is 0 Å². The van der Waals surface area contributed by atoms with Crippen LogP contribution in [-0.2, 0) is 11.3 Å². The zero-order valence-electron chi connectivity index (χ0n) is 12.4. The van der Waals surface area contributed by atoms with E-state index in [1.165, 1.54) is 4.90 Å². The van der Waals surface area contributed by atoms with Crippen LogP contribution in [0.4, 0.5) is 4.79 Å². The van der Waals surface area contributed by atoms with Crippen LogP contribution in [0.5, 0.6) is 0 Å². The van der Waals surface area contributed by atoms with E-state index in [1.807, 2.05) is 19.1 Å². The van der Waals surface area contributed by atoms with E-state index < -0.39 is 12.0 Å².